The molecule has 0 saturated carbocycles. The van der Waals surface area contributed by atoms with Crippen LogP contribution in [-0.4, -0.2) is 18.2 Å². The molecular formula is C7H13NO2P. The van der Waals surface area contributed by atoms with E-state index in [0.717, 1.165) is 6.42 Å². The van der Waals surface area contributed by atoms with E-state index in [-0.39, 0.29) is 0 Å². The number of rotatable bonds is 4. The van der Waals surface area contributed by atoms with Gasteiger partial charge in [-0.05, 0) is 12.3 Å². The molecule has 1 N–H and O–H groups in total. The lowest BCUT2D eigenvalue weighted by Crippen LogP contribution is -1.91. The summed E-state index contributed by atoms with van der Waals surface area (Å²) in [4.78, 5) is 10.1. The summed E-state index contributed by atoms with van der Waals surface area (Å²) in [6, 6.07) is 0. The molecule has 1 heterocycles. The molecule has 1 saturated heterocycles. The van der Waals surface area contributed by atoms with E-state index in [1.807, 2.05) is 0 Å². The molecule has 2 atom stereocenters. The van der Waals surface area contributed by atoms with Crippen LogP contribution in [0.3, 0.4) is 0 Å². The van der Waals surface area contributed by atoms with Crippen molar-refractivity contribution >= 4 is 13.6 Å². The van der Waals surface area contributed by atoms with Gasteiger partial charge in [-0.2, -0.15) is 0 Å². The zero-order valence-corrected chi connectivity index (χ0v) is 7.73. The lowest BCUT2D eigenvalue weighted by atomic mass is 10.2. The molecule has 1 radical (unpaired) electrons. The molecule has 0 aromatic rings. The number of hydrogen-bond donors (Lipinski definition) is 1. The first-order valence-electron chi connectivity index (χ1n) is 3.83. The Morgan fingerprint density at radius 1 is 1.64 bits per heavy atom. The number of carbonyl (C=O) groups excluding carboxylic acids is 1. The van der Waals surface area contributed by atoms with Gasteiger partial charge in [-0.1, -0.05) is 13.8 Å². The van der Waals surface area contributed by atoms with E-state index in [9.17, 15) is 9.36 Å². The second kappa shape index (κ2) is 3.08. The van der Waals surface area contributed by atoms with Crippen molar-refractivity contribution in [3.8, 4) is 0 Å². The molecule has 0 bridgehead atoms. The molecule has 4 heteroatoms. The molecule has 0 aliphatic carbocycles. The fourth-order valence-corrected chi connectivity index (χ4v) is 3.17. The maximum atomic E-state index is 11.4. The van der Waals surface area contributed by atoms with Crippen LogP contribution in [-0.2, 0) is 9.36 Å². The fourth-order valence-electron chi connectivity index (χ4n) is 0.929. The fraction of sp³-hybridized carbons (Fsp3) is 0.857. The maximum absolute atomic E-state index is 11.4. The minimum atomic E-state index is -2.25. The van der Waals surface area contributed by atoms with Gasteiger partial charge in [0.1, 0.15) is 5.78 Å². The first-order chi connectivity index (χ1) is 5.08. The van der Waals surface area contributed by atoms with E-state index >= 15 is 0 Å². The quantitative estimate of drug-likeness (QED) is 0.517. The Labute approximate surface area is 67.0 Å². The molecule has 1 fully saturated rings. The summed E-state index contributed by atoms with van der Waals surface area (Å²) in [5.74, 6) is 0.108. The van der Waals surface area contributed by atoms with Gasteiger partial charge >= 0.3 is 0 Å². The normalized spacial score (nSPS) is 35.7. The second-order valence-corrected chi connectivity index (χ2v) is 6.16. The van der Waals surface area contributed by atoms with Crippen molar-refractivity contribution in [1.82, 2.24) is 5.09 Å². The molecule has 63 valence electrons. The molecule has 1 rings (SSSR count). The predicted octanol–water partition coefficient (Wildman–Crippen LogP) is 1.35. The van der Waals surface area contributed by atoms with E-state index in [0.29, 0.717) is 12.1 Å². The van der Waals surface area contributed by atoms with E-state index in [1.54, 1.807) is 6.29 Å². The highest BCUT2D eigenvalue weighted by Crippen LogP contribution is 2.59. The van der Waals surface area contributed by atoms with Crippen LogP contribution in [0.25, 0.3) is 0 Å². The maximum Gasteiger partial charge on any atom is 0.226 e. The Bertz CT molecular complexity index is 203. The summed E-state index contributed by atoms with van der Waals surface area (Å²) in [5, 5.41) is 2.68. The Morgan fingerprint density at radius 2 is 2.27 bits per heavy atom. The van der Waals surface area contributed by atoms with Crippen LogP contribution in [0.2, 0.25) is 0 Å². The van der Waals surface area contributed by atoms with Crippen LogP contribution in [0.4, 0.5) is 0 Å². The van der Waals surface area contributed by atoms with Gasteiger partial charge in [-0.3, -0.25) is 4.79 Å². The summed E-state index contributed by atoms with van der Waals surface area (Å²) < 4.78 is 11.4. The Morgan fingerprint density at radius 3 is 2.64 bits per heavy atom. The summed E-state index contributed by atoms with van der Waals surface area (Å²) in [6.07, 6.45) is 3.29. The Kier molecular flexibility index (Phi) is 2.50. The summed E-state index contributed by atoms with van der Waals surface area (Å²) in [6.45, 7) is 4.16. The topological polar surface area (TPSA) is 56.1 Å². The molecule has 0 aromatic carbocycles. The average molecular weight is 174 g/mol. The lowest BCUT2D eigenvalue weighted by molar-refractivity contribution is 0.553. The van der Waals surface area contributed by atoms with Crippen LogP contribution in [0, 0.1) is 5.92 Å². The van der Waals surface area contributed by atoms with Gasteiger partial charge in [0.25, 0.3) is 0 Å². The summed E-state index contributed by atoms with van der Waals surface area (Å²) in [7, 11) is -2.25. The van der Waals surface area contributed by atoms with Crippen molar-refractivity contribution < 1.29 is 9.36 Å². The van der Waals surface area contributed by atoms with Gasteiger partial charge in [0.15, 0.2) is 7.29 Å². The molecule has 2 unspecified atom stereocenters. The van der Waals surface area contributed by atoms with Gasteiger partial charge in [-0.15, -0.1) is 0 Å². The largest absolute Gasteiger partial charge is 0.305 e. The minimum absolute atomic E-state index is 0.443. The van der Waals surface area contributed by atoms with Gasteiger partial charge in [-0.25, -0.2) is 5.09 Å². The Hall–Kier alpha value is -0.140. The lowest BCUT2D eigenvalue weighted by Gasteiger charge is -2.00. The third kappa shape index (κ3) is 2.14. The monoisotopic (exact) mass is 174 g/mol. The SMILES string of the molecule is CC(C)CCP1(=O)NC1[C]=O. The number of hydrogen-bond acceptors (Lipinski definition) is 2. The molecule has 1 aliphatic rings. The second-order valence-electron chi connectivity index (χ2n) is 3.35. The number of nitrogens with one attached hydrogen (secondary N) is 1. The standard InChI is InChI=1S/C7H13NO2P/c1-6(2)3-4-11(10)7(5-9)8-11/h6-7H,3-4H2,1-2H3,(H,8,10). The van der Waals surface area contributed by atoms with E-state index < -0.39 is 13.1 Å². The molecule has 0 aromatic heterocycles. The van der Waals surface area contributed by atoms with Crippen LogP contribution < -0.4 is 5.09 Å². The molecule has 0 spiro atoms. The van der Waals surface area contributed by atoms with Crippen molar-refractivity contribution in [2.45, 2.75) is 26.1 Å². The van der Waals surface area contributed by atoms with Crippen LogP contribution in [0.1, 0.15) is 20.3 Å². The van der Waals surface area contributed by atoms with E-state index in [1.165, 1.54) is 0 Å². The van der Waals surface area contributed by atoms with Crippen molar-refractivity contribution in [3.05, 3.63) is 0 Å². The van der Waals surface area contributed by atoms with Crippen LogP contribution in [0.5, 0.6) is 0 Å². The van der Waals surface area contributed by atoms with Gasteiger partial charge in [0.05, 0.1) is 0 Å². The van der Waals surface area contributed by atoms with Gasteiger partial charge < -0.3 is 4.57 Å². The van der Waals surface area contributed by atoms with Crippen molar-refractivity contribution in [2.24, 2.45) is 5.92 Å². The average Bonchev–Trinajstić information content (AvgIpc) is 2.59. The zero-order valence-electron chi connectivity index (χ0n) is 6.83. The molecule has 3 nitrogen and oxygen atoms in total. The van der Waals surface area contributed by atoms with Crippen molar-refractivity contribution in [1.29, 1.82) is 0 Å². The van der Waals surface area contributed by atoms with Gasteiger partial charge in [0.2, 0.25) is 6.29 Å². The molecule has 0 amide bonds. The zero-order chi connectivity index (χ0) is 8.48. The predicted molar refractivity (Wildman–Crippen MR) is 44.5 cm³/mol. The third-order valence-corrected chi connectivity index (χ3v) is 4.25. The first-order valence-corrected chi connectivity index (χ1v) is 5.79. The van der Waals surface area contributed by atoms with Crippen molar-refractivity contribution in [2.75, 3.05) is 6.16 Å². The van der Waals surface area contributed by atoms with Gasteiger partial charge in [0, 0.05) is 6.16 Å². The third-order valence-electron chi connectivity index (χ3n) is 1.84. The molecule has 11 heavy (non-hydrogen) atoms. The van der Waals surface area contributed by atoms with E-state index in [2.05, 4.69) is 18.9 Å². The highest BCUT2D eigenvalue weighted by atomic mass is 31.2. The van der Waals surface area contributed by atoms with Crippen LogP contribution in [0.15, 0.2) is 0 Å². The Balaban J connectivity index is 2.29. The highest BCUT2D eigenvalue weighted by Gasteiger charge is 2.49. The van der Waals surface area contributed by atoms with Crippen molar-refractivity contribution in [3.63, 3.8) is 0 Å². The smallest absolute Gasteiger partial charge is 0.226 e. The van der Waals surface area contributed by atoms with Crippen LogP contribution >= 0.6 is 7.29 Å². The molecular weight excluding hydrogens is 161 g/mol. The molecule has 1 aliphatic heterocycles. The minimum Gasteiger partial charge on any atom is -0.305 e. The highest BCUT2D eigenvalue weighted by molar-refractivity contribution is 7.70. The summed E-state index contributed by atoms with van der Waals surface area (Å²) >= 11 is 0. The first kappa shape index (κ1) is 8.95. The van der Waals surface area contributed by atoms with E-state index in [4.69, 9.17) is 0 Å². The summed E-state index contributed by atoms with van der Waals surface area (Å²) in [5.41, 5.74) is 0.